The highest BCUT2D eigenvalue weighted by atomic mass is 16.6. The summed E-state index contributed by atoms with van der Waals surface area (Å²) in [6, 6.07) is 17.9. The SMILES string of the molecule is O=C(NCC1CCN(c2ccccc2)C1)c1ccn(-c2ccc([N+](=O)[O-])cc2)n1. The molecule has 1 fully saturated rings. The lowest BCUT2D eigenvalue weighted by molar-refractivity contribution is -0.384. The third-order valence-corrected chi connectivity index (χ3v) is 5.11. The Kier molecular flexibility index (Phi) is 5.24. The van der Waals surface area contributed by atoms with E-state index in [1.54, 1.807) is 24.4 Å². The third-order valence-electron chi connectivity index (χ3n) is 5.11. The van der Waals surface area contributed by atoms with E-state index in [0.29, 0.717) is 23.8 Å². The Morgan fingerprint density at radius 1 is 1.10 bits per heavy atom. The summed E-state index contributed by atoms with van der Waals surface area (Å²) < 4.78 is 1.53. The maximum Gasteiger partial charge on any atom is 0.271 e. The molecule has 1 atom stereocenters. The summed E-state index contributed by atoms with van der Waals surface area (Å²) in [5.74, 6) is 0.180. The van der Waals surface area contributed by atoms with Gasteiger partial charge < -0.3 is 10.2 Å². The van der Waals surface area contributed by atoms with Crippen LogP contribution in [0, 0.1) is 16.0 Å². The summed E-state index contributed by atoms with van der Waals surface area (Å²) in [7, 11) is 0. The number of hydrogen-bond donors (Lipinski definition) is 1. The highest BCUT2D eigenvalue weighted by Gasteiger charge is 2.23. The Labute approximate surface area is 167 Å². The summed E-state index contributed by atoms with van der Waals surface area (Å²) in [4.78, 5) is 25.1. The summed E-state index contributed by atoms with van der Waals surface area (Å²) in [5.41, 5.74) is 2.20. The number of anilines is 1. The van der Waals surface area contributed by atoms with Crippen molar-refractivity contribution < 1.29 is 9.72 Å². The van der Waals surface area contributed by atoms with Gasteiger partial charge in [0.2, 0.25) is 0 Å². The van der Waals surface area contributed by atoms with Gasteiger partial charge in [0.05, 0.1) is 10.6 Å². The van der Waals surface area contributed by atoms with Gasteiger partial charge in [0.1, 0.15) is 0 Å². The lowest BCUT2D eigenvalue weighted by atomic mass is 10.1. The van der Waals surface area contributed by atoms with Crippen LogP contribution >= 0.6 is 0 Å². The predicted octanol–water partition coefficient (Wildman–Crippen LogP) is 3.04. The van der Waals surface area contributed by atoms with E-state index in [1.165, 1.54) is 22.5 Å². The zero-order valence-corrected chi connectivity index (χ0v) is 15.8. The molecule has 0 aliphatic carbocycles. The number of non-ortho nitro benzene ring substituents is 1. The molecule has 8 nitrogen and oxygen atoms in total. The maximum absolute atomic E-state index is 12.5. The van der Waals surface area contributed by atoms with Gasteiger partial charge in [-0.05, 0) is 42.7 Å². The van der Waals surface area contributed by atoms with Gasteiger partial charge in [0, 0.05) is 43.7 Å². The number of hydrogen-bond acceptors (Lipinski definition) is 5. The van der Waals surface area contributed by atoms with Gasteiger partial charge in [-0.1, -0.05) is 18.2 Å². The lowest BCUT2D eigenvalue weighted by Crippen LogP contribution is -2.31. The molecule has 1 saturated heterocycles. The normalized spacial score (nSPS) is 16.0. The van der Waals surface area contributed by atoms with Crippen molar-refractivity contribution in [2.75, 3.05) is 24.5 Å². The van der Waals surface area contributed by atoms with E-state index in [2.05, 4.69) is 27.4 Å². The number of nitrogens with zero attached hydrogens (tertiary/aromatic N) is 4. The molecule has 4 rings (SSSR count). The van der Waals surface area contributed by atoms with Crippen molar-refractivity contribution in [3.63, 3.8) is 0 Å². The first kappa shape index (κ1) is 18.7. The average molecular weight is 391 g/mol. The fraction of sp³-hybridized carbons (Fsp3) is 0.238. The molecule has 3 aromatic rings. The number of aromatic nitrogens is 2. The Morgan fingerprint density at radius 3 is 2.59 bits per heavy atom. The fourth-order valence-corrected chi connectivity index (χ4v) is 3.52. The average Bonchev–Trinajstić information content (AvgIpc) is 3.43. The summed E-state index contributed by atoms with van der Waals surface area (Å²) in [5, 5.41) is 18.0. The molecule has 1 aliphatic rings. The van der Waals surface area contributed by atoms with Crippen LogP contribution in [-0.2, 0) is 0 Å². The van der Waals surface area contributed by atoms with Gasteiger partial charge in [0.25, 0.3) is 11.6 Å². The van der Waals surface area contributed by atoms with Crippen LogP contribution in [0.3, 0.4) is 0 Å². The van der Waals surface area contributed by atoms with E-state index >= 15 is 0 Å². The zero-order valence-electron chi connectivity index (χ0n) is 15.8. The highest BCUT2D eigenvalue weighted by molar-refractivity contribution is 5.92. The topological polar surface area (TPSA) is 93.3 Å². The first-order valence-corrected chi connectivity index (χ1v) is 9.49. The van der Waals surface area contributed by atoms with Crippen LogP contribution in [0.25, 0.3) is 5.69 Å². The van der Waals surface area contributed by atoms with E-state index in [0.717, 1.165) is 19.5 Å². The minimum absolute atomic E-state index is 0.0139. The van der Waals surface area contributed by atoms with Gasteiger partial charge in [-0.3, -0.25) is 14.9 Å². The molecule has 1 unspecified atom stereocenters. The second kappa shape index (κ2) is 8.14. The van der Waals surface area contributed by atoms with Crippen molar-refractivity contribution in [3.05, 3.63) is 82.7 Å². The first-order valence-electron chi connectivity index (χ1n) is 9.49. The molecule has 0 spiro atoms. The number of rotatable bonds is 6. The summed E-state index contributed by atoms with van der Waals surface area (Å²) in [6.45, 7) is 2.51. The molecule has 148 valence electrons. The number of amides is 1. The van der Waals surface area contributed by atoms with E-state index in [-0.39, 0.29) is 11.6 Å². The third kappa shape index (κ3) is 4.26. The number of carbonyl (C=O) groups excluding carboxylic acids is 1. The predicted molar refractivity (Wildman–Crippen MR) is 109 cm³/mol. The van der Waals surface area contributed by atoms with Gasteiger partial charge in [-0.2, -0.15) is 5.10 Å². The number of carbonyl (C=O) groups is 1. The Bertz CT molecular complexity index is 1000. The Morgan fingerprint density at radius 2 is 1.86 bits per heavy atom. The highest BCUT2D eigenvalue weighted by Crippen LogP contribution is 2.23. The second-order valence-electron chi connectivity index (χ2n) is 7.07. The second-order valence-corrected chi connectivity index (χ2v) is 7.07. The van der Waals surface area contributed by atoms with Gasteiger partial charge >= 0.3 is 0 Å². The van der Waals surface area contributed by atoms with Crippen LogP contribution in [0.4, 0.5) is 11.4 Å². The van der Waals surface area contributed by atoms with Gasteiger partial charge in [-0.15, -0.1) is 0 Å². The molecular formula is C21H21N5O3. The van der Waals surface area contributed by atoms with Crippen molar-refractivity contribution in [1.82, 2.24) is 15.1 Å². The van der Waals surface area contributed by atoms with Crippen LogP contribution < -0.4 is 10.2 Å². The number of nitro benzene ring substituents is 1. The number of nitro groups is 1. The van der Waals surface area contributed by atoms with Crippen molar-refractivity contribution in [2.24, 2.45) is 5.92 Å². The largest absolute Gasteiger partial charge is 0.371 e. The molecule has 1 amide bonds. The standard InChI is InChI=1S/C21H21N5O3/c27-21(22-14-16-10-12-24(15-16)17-4-2-1-3-5-17)20-11-13-25(23-20)18-6-8-19(9-7-18)26(28)29/h1-9,11,13,16H,10,12,14-15H2,(H,22,27). The van der Waals surface area contributed by atoms with E-state index in [9.17, 15) is 14.9 Å². The van der Waals surface area contributed by atoms with E-state index in [4.69, 9.17) is 0 Å². The van der Waals surface area contributed by atoms with Crippen molar-refractivity contribution in [1.29, 1.82) is 0 Å². The molecular weight excluding hydrogens is 370 g/mol. The Balaban J connectivity index is 1.32. The summed E-state index contributed by atoms with van der Waals surface area (Å²) in [6.07, 6.45) is 2.70. The molecule has 0 saturated carbocycles. The smallest absolute Gasteiger partial charge is 0.271 e. The van der Waals surface area contributed by atoms with Crippen molar-refractivity contribution in [2.45, 2.75) is 6.42 Å². The lowest BCUT2D eigenvalue weighted by Gasteiger charge is -2.18. The quantitative estimate of drug-likeness (QED) is 0.515. The first-order chi connectivity index (χ1) is 14.1. The molecule has 2 heterocycles. The minimum atomic E-state index is -0.451. The van der Waals surface area contributed by atoms with Crippen LogP contribution in [-0.4, -0.2) is 40.2 Å². The molecule has 8 heteroatoms. The monoisotopic (exact) mass is 391 g/mol. The minimum Gasteiger partial charge on any atom is -0.371 e. The molecule has 0 bridgehead atoms. The Hall–Kier alpha value is -3.68. The molecule has 1 N–H and O–H groups in total. The van der Waals surface area contributed by atoms with Crippen molar-refractivity contribution in [3.8, 4) is 5.69 Å². The number of benzene rings is 2. The van der Waals surface area contributed by atoms with Crippen molar-refractivity contribution >= 4 is 17.3 Å². The van der Waals surface area contributed by atoms with Gasteiger partial charge in [0.15, 0.2) is 5.69 Å². The van der Waals surface area contributed by atoms with E-state index in [1.807, 2.05) is 18.2 Å². The van der Waals surface area contributed by atoms with Gasteiger partial charge in [-0.25, -0.2) is 4.68 Å². The van der Waals surface area contributed by atoms with Crippen LogP contribution in [0.2, 0.25) is 0 Å². The zero-order chi connectivity index (χ0) is 20.2. The number of para-hydroxylation sites is 1. The molecule has 29 heavy (non-hydrogen) atoms. The molecule has 2 aromatic carbocycles. The van der Waals surface area contributed by atoms with Crippen LogP contribution in [0.5, 0.6) is 0 Å². The summed E-state index contributed by atoms with van der Waals surface area (Å²) >= 11 is 0. The van der Waals surface area contributed by atoms with Crippen LogP contribution in [0.15, 0.2) is 66.9 Å². The fourth-order valence-electron chi connectivity index (χ4n) is 3.52. The molecule has 1 aliphatic heterocycles. The molecule has 1 aromatic heterocycles. The van der Waals surface area contributed by atoms with E-state index < -0.39 is 4.92 Å². The maximum atomic E-state index is 12.5. The van der Waals surface area contributed by atoms with Crippen LogP contribution in [0.1, 0.15) is 16.9 Å². The molecule has 0 radical (unpaired) electrons. The number of nitrogens with one attached hydrogen (secondary N) is 1.